The Morgan fingerprint density at radius 3 is 2.00 bits per heavy atom. The fourth-order valence-corrected chi connectivity index (χ4v) is 2.58. The van der Waals surface area contributed by atoms with Gasteiger partial charge in [-0.05, 0) is 6.07 Å². The molecule has 0 atom stereocenters. The van der Waals surface area contributed by atoms with Gasteiger partial charge in [-0.1, -0.05) is 24.3 Å². The zero-order valence-corrected chi connectivity index (χ0v) is 11.5. The van der Waals surface area contributed by atoms with E-state index < -0.39 is 0 Å². The van der Waals surface area contributed by atoms with Crippen molar-refractivity contribution in [3.63, 3.8) is 0 Å². The molecular formula is C16H12O5. The van der Waals surface area contributed by atoms with Gasteiger partial charge in [0.05, 0.1) is 19.8 Å². The van der Waals surface area contributed by atoms with Crippen LogP contribution in [0.5, 0.6) is 17.2 Å². The van der Waals surface area contributed by atoms with Crippen molar-refractivity contribution < 1.29 is 24.2 Å². The molecule has 3 rings (SSSR count). The molecule has 0 spiro atoms. The molecule has 1 aliphatic rings. The summed E-state index contributed by atoms with van der Waals surface area (Å²) in [5, 5.41) is 9.96. The van der Waals surface area contributed by atoms with Crippen LogP contribution in [0, 0.1) is 0 Å². The Balaban J connectivity index is 2.38. The van der Waals surface area contributed by atoms with Gasteiger partial charge in [0.2, 0.25) is 5.75 Å². The van der Waals surface area contributed by atoms with E-state index in [4.69, 9.17) is 9.47 Å². The van der Waals surface area contributed by atoms with E-state index in [9.17, 15) is 14.7 Å². The molecular weight excluding hydrogens is 272 g/mol. The van der Waals surface area contributed by atoms with Crippen molar-refractivity contribution in [1.82, 2.24) is 0 Å². The molecule has 0 aliphatic heterocycles. The van der Waals surface area contributed by atoms with E-state index in [1.54, 1.807) is 24.3 Å². The van der Waals surface area contributed by atoms with Gasteiger partial charge in [0.15, 0.2) is 23.1 Å². The third-order valence-corrected chi connectivity index (χ3v) is 3.51. The number of methoxy groups -OCH3 is 2. The van der Waals surface area contributed by atoms with Crippen LogP contribution >= 0.6 is 0 Å². The van der Waals surface area contributed by atoms with Gasteiger partial charge < -0.3 is 14.6 Å². The molecule has 0 bridgehead atoms. The standard InChI is InChI=1S/C16H12O5/c1-20-15-11(17)7-10-12(16(15)21-2)14(19)9-6-4-3-5-8(9)13(10)18/h3-7,17H,1-2H3. The lowest BCUT2D eigenvalue weighted by atomic mass is 9.83. The first-order valence-electron chi connectivity index (χ1n) is 6.26. The normalized spacial score (nSPS) is 12.7. The second kappa shape index (κ2) is 4.63. The van der Waals surface area contributed by atoms with Gasteiger partial charge in [0.25, 0.3) is 0 Å². The highest BCUT2D eigenvalue weighted by molar-refractivity contribution is 6.29. The molecule has 5 nitrogen and oxygen atoms in total. The van der Waals surface area contributed by atoms with Gasteiger partial charge in [0.1, 0.15) is 0 Å². The van der Waals surface area contributed by atoms with Gasteiger partial charge in [0, 0.05) is 16.7 Å². The molecule has 0 heterocycles. The predicted molar refractivity (Wildman–Crippen MR) is 74.5 cm³/mol. The average Bonchev–Trinajstić information content (AvgIpc) is 2.51. The van der Waals surface area contributed by atoms with Crippen molar-refractivity contribution in [2.75, 3.05) is 14.2 Å². The van der Waals surface area contributed by atoms with Crippen LogP contribution < -0.4 is 9.47 Å². The molecule has 2 aromatic rings. The maximum atomic E-state index is 12.6. The zero-order chi connectivity index (χ0) is 15.1. The number of ether oxygens (including phenoxy) is 2. The van der Waals surface area contributed by atoms with E-state index in [1.807, 2.05) is 0 Å². The number of fused-ring (bicyclic) bond motifs is 2. The molecule has 0 saturated heterocycles. The number of hydrogen-bond acceptors (Lipinski definition) is 5. The molecule has 2 aromatic carbocycles. The van der Waals surface area contributed by atoms with E-state index >= 15 is 0 Å². The summed E-state index contributed by atoms with van der Waals surface area (Å²) in [7, 11) is 2.71. The first kappa shape index (κ1) is 13.2. The zero-order valence-electron chi connectivity index (χ0n) is 11.5. The fraction of sp³-hybridized carbons (Fsp3) is 0.125. The van der Waals surface area contributed by atoms with Crippen LogP contribution in [0.15, 0.2) is 30.3 Å². The van der Waals surface area contributed by atoms with E-state index in [0.717, 1.165) is 0 Å². The molecule has 0 fully saturated rings. The Bertz CT molecular complexity index is 776. The summed E-state index contributed by atoms with van der Waals surface area (Å²) in [6.45, 7) is 0. The molecule has 0 amide bonds. The Morgan fingerprint density at radius 2 is 1.43 bits per heavy atom. The van der Waals surface area contributed by atoms with Crippen molar-refractivity contribution >= 4 is 11.6 Å². The van der Waals surface area contributed by atoms with Gasteiger partial charge in [-0.3, -0.25) is 9.59 Å². The van der Waals surface area contributed by atoms with E-state index in [1.165, 1.54) is 20.3 Å². The Morgan fingerprint density at radius 1 is 0.857 bits per heavy atom. The molecule has 0 unspecified atom stereocenters. The maximum absolute atomic E-state index is 12.6. The highest BCUT2D eigenvalue weighted by Crippen LogP contribution is 2.44. The summed E-state index contributed by atoms with van der Waals surface area (Å²) in [5.41, 5.74) is 0.882. The second-order valence-electron chi connectivity index (χ2n) is 4.59. The SMILES string of the molecule is COc1c(O)cc2c(c1OC)C(=O)c1ccccc1C2=O. The number of carbonyl (C=O) groups is 2. The highest BCUT2D eigenvalue weighted by atomic mass is 16.5. The third-order valence-electron chi connectivity index (χ3n) is 3.51. The molecule has 106 valence electrons. The monoisotopic (exact) mass is 284 g/mol. The van der Waals surface area contributed by atoms with Gasteiger partial charge in [-0.2, -0.15) is 0 Å². The minimum Gasteiger partial charge on any atom is -0.504 e. The van der Waals surface area contributed by atoms with E-state index in [0.29, 0.717) is 11.1 Å². The largest absolute Gasteiger partial charge is 0.504 e. The van der Waals surface area contributed by atoms with Crippen molar-refractivity contribution in [3.05, 3.63) is 52.6 Å². The fourth-order valence-electron chi connectivity index (χ4n) is 2.58. The molecule has 0 aromatic heterocycles. The molecule has 0 saturated carbocycles. The first-order chi connectivity index (χ1) is 10.1. The predicted octanol–water partition coefficient (Wildman–Crippen LogP) is 2.18. The van der Waals surface area contributed by atoms with Crippen LogP contribution in [0.4, 0.5) is 0 Å². The van der Waals surface area contributed by atoms with E-state index in [2.05, 4.69) is 0 Å². The van der Waals surface area contributed by atoms with Crippen LogP contribution in [-0.2, 0) is 0 Å². The quantitative estimate of drug-likeness (QED) is 0.781. The van der Waals surface area contributed by atoms with Crippen LogP contribution in [-0.4, -0.2) is 30.9 Å². The number of aromatic hydroxyl groups is 1. The van der Waals surface area contributed by atoms with Crippen LogP contribution in [0.2, 0.25) is 0 Å². The topological polar surface area (TPSA) is 72.8 Å². The number of phenols is 1. The van der Waals surface area contributed by atoms with Crippen LogP contribution in [0.1, 0.15) is 31.8 Å². The van der Waals surface area contributed by atoms with Gasteiger partial charge in [-0.25, -0.2) is 0 Å². The first-order valence-corrected chi connectivity index (χ1v) is 6.26. The minimum absolute atomic E-state index is 0.0387. The molecule has 1 N–H and O–H groups in total. The number of phenolic OH excluding ortho intramolecular Hbond substituents is 1. The molecule has 0 radical (unpaired) electrons. The van der Waals surface area contributed by atoms with Crippen LogP contribution in [0.3, 0.4) is 0 Å². The summed E-state index contributed by atoms with van der Waals surface area (Å²) >= 11 is 0. The maximum Gasteiger partial charge on any atom is 0.203 e. The lowest BCUT2D eigenvalue weighted by Crippen LogP contribution is -2.21. The smallest absolute Gasteiger partial charge is 0.203 e. The lowest BCUT2D eigenvalue weighted by molar-refractivity contribution is 0.0975. The summed E-state index contributed by atoms with van der Waals surface area (Å²) in [6, 6.07) is 7.81. The summed E-state index contributed by atoms with van der Waals surface area (Å²) in [5.74, 6) is -0.780. The number of benzene rings is 2. The minimum atomic E-state index is -0.324. The third kappa shape index (κ3) is 1.71. The van der Waals surface area contributed by atoms with Crippen molar-refractivity contribution in [2.24, 2.45) is 0 Å². The average molecular weight is 284 g/mol. The Labute approximate surface area is 120 Å². The lowest BCUT2D eigenvalue weighted by Gasteiger charge is -2.21. The second-order valence-corrected chi connectivity index (χ2v) is 4.59. The highest BCUT2D eigenvalue weighted by Gasteiger charge is 2.35. The molecule has 21 heavy (non-hydrogen) atoms. The van der Waals surface area contributed by atoms with Crippen molar-refractivity contribution in [1.29, 1.82) is 0 Å². The number of rotatable bonds is 2. The van der Waals surface area contributed by atoms with Gasteiger partial charge >= 0.3 is 0 Å². The number of hydrogen-bond donors (Lipinski definition) is 1. The summed E-state index contributed by atoms with van der Waals surface area (Å²) < 4.78 is 10.3. The van der Waals surface area contributed by atoms with Gasteiger partial charge in [-0.15, -0.1) is 0 Å². The molecule has 1 aliphatic carbocycles. The van der Waals surface area contributed by atoms with Crippen molar-refractivity contribution in [3.8, 4) is 17.2 Å². The summed E-state index contributed by atoms with van der Waals surface area (Å²) in [6.07, 6.45) is 0. The van der Waals surface area contributed by atoms with E-state index in [-0.39, 0.29) is 39.9 Å². The number of carbonyl (C=O) groups excluding carboxylic acids is 2. The number of ketones is 2. The van der Waals surface area contributed by atoms with Crippen LogP contribution in [0.25, 0.3) is 0 Å². The molecule has 5 heteroatoms. The Hall–Kier alpha value is -2.82. The summed E-state index contributed by atoms with van der Waals surface area (Å²) in [4.78, 5) is 25.2. The van der Waals surface area contributed by atoms with Crippen molar-refractivity contribution in [2.45, 2.75) is 0 Å². The Kier molecular flexibility index (Phi) is 2.90.